The number of nitrogens with one attached hydrogen (secondary N) is 1. The van der Waals surface area contributed by atoms with E-state index in [1.165, 1.54) is 5.56 Å². The van der Waals surface area contributed by atoms with E-state index in [9.17, 15) is 4.79 Å². The summed E-state index contributed by atoms with van der Waals surface area (Å²) in [6.07, 6.45) is 0. The topological polar surface area (TPSA) is 55.1 Å². The van der Waals surface area contributed by atoms with Gasteiger partial charge >= 0.3 is 0 Å². The van der Waals surface area contributed by atoms with Crippen molar-refractivity contribution in [3.05, 3.63) is 53.6 Å². The molecular weight excluding hydrogens is 256 g/mol. The molecule has 0 atom stereocenters. The molecule has 2 aromatic rings. The Morgan fingerprint density at radius 3 is 2.58 bits per heavy atom. The highest BCUT2D eigenvalue weighted by atomic mass is 32.2. The summed E-state index contributed by atoms with van der Waals surface area (Å²) < 4.78 is 0. The smallest absolute Gasteiger partial charge is 0.251 e. The minimum atomic E-state index is -0.105. The van der Waals surface area contributed by atoms with Gasteiger partial charge in [0.1, 0.15) is 0 Å². The number of aryl methyl sites for hydroxylation is 1. The normalized spacial score (nSPS) is 10.2. The summed E-state index contributed by atoms with van der Waals surface area (Å²) in [5.74, 6) is -0.105. The number of benzene rings is 2. The van der Waals surface area contributed by atoms with Gasteiger partial charge in [-0.25, -0.2) is 0 Å². The van der Waals surface area contributed by atoms with Gasteiger partial charge in [0.2, 0.25) is 0 Å². The molecule has 0 aromatic heterocycles. The van der Waals surface area contributed by atoms with Gasteiger partial charge in [-0.3, -0.25) is 4.79 Å². The second-order valence-electron chi connectivity index (χ2n) is 4.20. The Morgan fingerprint density at radius 2 is 1.89 bits per heavy atom. The van der Waals surface area contributed by atoms with Gasteiger partial charge in [-0.15, -0.1) is 0 Å². The van der Waals surface area contributed by atoms with Gasteiger partial charge in [0.15, 0.2) is 0 Å². The van der Waals surface area contributed by atoms with Crippen LogP contribution in [-0.2, 0) is 0 Å². The summed E-state index contributed by atoms with van der Waals surface area (Å²) in [5, 5.41) is 2.61. The zero-order valence-electron chi connectivity index (χ0n) is 10.9. The highest BCUT2D eigenvalue weighted by Crippen LogP contribution is 2.34. The van der Waals surface area contributed by atoms with Gasteiger partial charge in [-0.2, -0.15) is 0 Å². The maximum Gasteiger partial charge on any atom is 0.251 e. The lowest BCUT2D eigenvalue weighted by Gasteiger charge is -2.09. The number of nitrogen functional groups attached to an aromatic ring is 1. The third-order valence-corrected chi connectivity index (χ3v) is 4.07. The van der Waals surface area contributed by atoms with Crippen LogP contribution >= 0.6 is 11.8 Å². The average Bonchev–Trinajstić information content (AvgIpc) is 2.42. The number of hydrogen-bond donors (Lipinski definition) is 2. The molecule has 0 heterocycles. The van der Waals surface area contributed by atoms with Gasteiger partial charge in [0, 0.05) is 28.1 Å². The minimum absolute atomic E-state index is 0.105. The van der Waals surface area contributed by atoms with Gasteiger partial charge in [-0.05, 0) is 36.8 Å². The van der Waals surface area contributed by atoms with E-state index >= 15 is 0 Å². The van der Waals surface area contributed by atoms with Crippen molar-refractivity contribution in [3.63, 3.8) is 0 Å². The van der Waals surface area contributed by atoms with E-state index in [0.717, 1.165) is 9.79 Å². The van der Waals surface area contributed by atoms with Crippen LogP contribution in [0.4, 0.5) is 5.69 Å². The lowest BCUT2D eigenvalue weighted by atomic mass is 10.2. The third-order valence-electron chi connectivity index (χ3n) is 2.82. The molecular formula is C15H16N2OS. The first-order valence-corrected chi connectivity index (χ1v) is 6.78. The Kier molecular flexibility index (Phi) is 4.12. The van der Waals surface area contributed by atoms with Crippen molar-refractivity contribution >= 4 is 23.4 Å². The van der Waals surface area contributed by atoms with Crippen LogP contribution in [0.25, 0.3) is 0 Å². The second kappa shape index (κ2) is 5.80. The van der Waals surface area contributed by atoms with Crippen LogP contribution < -0.4 is 11.1 Å². The lowest BCUT2D eigenvalue weighted by molar-refractivity contribution is 0.0963. The van der Waals surface area contributed by atoms with Crippen LogP contribution in [0.15, 0.2) is 52.3 Å². The van der Waals surface area contributed by atoms with E-state index in [1.807, 2.05) is 24.3 Å². The number of carbonyl (C=O) groups is 1. The zero-order valence-corrected chi connectivity index (χ0v) is 11.8. The lowest BCUT2D eigenvalue weighted by Crippen LogP contribution is -2.17. The molecule has 0 aliphatic rings. The van der Waals surface area contributed by atoms with Crippen molar-refractivity contribution < 1.29 is 4.79 Å². The second-order valence-corrected chi connectivity index (χ2v) is 5.28. The molecule has 0 fully saturated rings. The molecule has 4 heteroatoms. The highest BCUT2D eigenvalue weighted by Gasteiger charge is 2.09. The summed E-state index contributed by atoms with van der Waals surface area (Å²) in [5.41, 5.74) is 8.47. The monoisotopic (exact) mass is 272 g/mol. The number of nitrogens with two attached hydrogens (primary N) is 1. The molecule has 0 spiro atoms. The van der Waals surface area contributed by atoms with E-state index in [1.54, 1.807) is 30.9 Å². The quantitative estimate of drug-likeness (QED) is 0.844. The van der Waals surface area contributed by atoms with Crippen LogP contribution in [0.3, 0.4) is 0 Å². The van der Waals surface area contributed by atoms with Crippen molar-refractivity contribution in [1.82, 2.24) is 5.32 Å². The van der Waals surface area contributed by atoms with Crippen molar-refractivity contribution in [1.29, 1.82) is 0 Å². The van der Waals surface area contributed by atoms with Crippen molar-refractivity contribution in [2.75, 3.05) is 12.8 Å². The summed E-state index contributed by atoms with van der Waals surface area (Å²) in [6, 6.07) is 13.4. The fourth-order valence-electron chi connectivity index (χ4n) is 1.70. The Hall–Kier alpha value is -1.94. The first-order chi connectivity index (χ1) is 9.11. The third kappa shape index (κ3) is 3.09. The Balaban J connectivity index is 2.34. The van der Waals surface area contributed by atoms with Crippen LogP contribution in [0.5, 0.6) is 0 Å². The van der Waals surface area contributed by atoms with E-state index in [4.69, 9.17) is 5.73 Å². The molecule has 98 valence electrons. The molecule has 0 aliphatic carbocycles. The Morgan fingerprint density at radius 1 is 1.16 bits per heavy atom. The molecule has 3 N–H and O–H groups in total. The molecule has 2 rings (SSSR count). The van der Waals surface area contributed by atoms with Crippen LogP contribution in [0.1, 0.15) is 15.9 Å². The molecule has 3 nitrogen and oxygen atoms in total. The van der Waals surface area contributed by atoms with E-state index in [-0.39, 0.29) is 5.91 Å². The SMILES string of the molecule is CNC(=O)c1ccc(N)c(Sc2ccccc2C)c1. The standard InChI is InChI=1S/C15H16N2OS/c1-10-5-3-4-6-13(10)19-14-9-11(15(18)17-2)7-8-12(14)16/h3-9H,16H2,1-2H3,(H,17,18). The molecule has 0 radical (unpaired) electrons. The number of amides is 1. The average molecular weight is 272 g/mol. The molecule has 1 amide bonds. The van der Waals surface area contributed by atoms with E-state index in [0.29, 0.717) is 11.3 Å². The fraction of sp³-hybridized carbons (Fsp3) is 0.133. The van der Waals surface area contributed by atoms with Crippen LogP contribution in [0, 0.1) is 6.92 Å². The molecule has 0 saturated heterocycles. The number of hydrogen-bond acceptors (Lipinski definition) is 3. The first-order valence-electron chi connectivity index (χ1n) is 5.97. The van der Waals surface area contributed by atoms with Gasteiger partial charge in [-0.1, -0.05) is 30.0 Å². The van der Waals surface area contributed by atoms with E-state index < -0.39 is 0 Å². The molecule has 0 bridgehead atoms. The maximum atomic E-state index is 11.6. The van der Waals surface area contributed by atoms with E-state index in [2.05, 4.69) is 18.3 Å². The summed E-state index contributed by atoms with van der Waals surface area (Å²) in [6.45, 7) is 2.06. The molecule has 2 aromatic carbocycles. The minimum Gasteiger partial charge on any atom is -0.398 e. The maximum absolute atomic E-state index is 11.6. The molecule has 0 aliphatic heterocycles. The summed E-state index contributed by atoms with van der Waals surface area (Å²) in [4.78, 5) is 13.7. The Labute approximate surface area is 117 Å². The van der Waals surface area contributed by atoms with Gasteiger partial charge in [0.05, 0.1) is 0 Å². The molecule has 19 heavy (non-hydrogen) atoms. The number of carbonyl (C=O) groups excluding carboxylic acids is 1. The number of rotatable bonds is 3. The van der Waals surface area contributed by atoms with Crippen molar-refractivity contribution in [2.45, 2.75) is 16.7 Å². The largest absolute Gasteiger partial charge is 0.398 e. The predicted octanol–water partition coefficient (Wildman–Crippen LogP) is 3.09. The van der Waals surface area contributed by atoms with Crippen LogP contribution in [0.2, 0.25) is 0 Å². The van der Waals surface area contributed by atoms with Crippen molar-refractivity contribution in [3.8, 4) is 0 Å². The molecule has 0 saturated carbocycles. The summed E-state index contributed by atoms with van der Waals surface area (Å²) in [7, 11) is 1.62. The number of anilines is 1. The fourth-order valence-corrected chi connectivity index (χ4v) is 2.68. The van der Waals surface area contributed by atoms with Crippen molar-refractivity contribution in [2.24, 2.45) is 0 Å². The summed E-state index contributed by atoms with van der Waals surface area (Å²) >= 11 is 1.58. The molecule has 0 unspecified atom stereocenters. The predicted molar refractivity (Wildman–Crippen MR) is 79.5 cm³/mol. The van der Waals surface area contributed by atoms with Gasteiger partial charge in [0.25, 0.3) is 5.91 Å². The highest BCUT2D eigenvalue weighted by molar-refractivity contribution is 7.99. The Bertz CT molecular complexity index is 611. The van der Waals surface area contributed by atoms with Gasteiger partial charge < -0.3 is 11.1 Å². The first kappa shape index (κ1) is 13.5. The van der Waals surface area contributed by atoms with Crippen LogP contribution in [-0.4, -0.2) is 13.0 Å². The zero-order chi connectivity index (χ0) is 13.8.